The number of para-hydroxylation sites is 1. The molecule has 1 aliphatic heterocycles. The standard InChI is InChI=1S/C15H18FN3/c16-14-5-1-2-6-15(14)19-10-8-18(9-11-19)12-13-4-3-7-17-13/h1-7,17H,8-12H2. The predicted molar refractivity (Wildman–Crippen MR) is 74.7 cm³/mol. The van der Waals surface area contributed by atoms with E-state index in [4.69, 9.17) is 0 Å². The van der Waals surface area contributed by atoms with Gasteiger partial charge in [-0.05, 0) is 24.3 Å². The van der Waals surface area contributed by atoms with Gasteiger partial charge in [-0.1, -0.05) is 12.1 Å². The summed E-state index contributed by atoms with van der Waals surface area (Å²) < 4.78 is 13.7. The van der Waals surface area contributed by atoms with Crippen molar-refractivity contribution in [1.29, 1.82) is 0 Å². The van der Waals surface area contributed by atoms with Crippen LogP contribution in [-0.2, 0) is 6.54 Å². The van der Waals surface area contributed by atoms with Crippen LogP contribution in [0.3, 0.4) is 0 Å². The number of hydrogen-bond donors (Lipinski definition) is 1. The fourth-order valence-electron chi connectivity index (χ4n) is 2.56. The Morgan fingerprint density at radius 3 is 2.47 bits per heavy atom. The van der Waals surface area contributed by atoms with Crippen LogP contribution >= 0.6 is 0 Å². The van der Waals surface area contributed by atoms with Gasteiger partial charge in [0.25, 0.3) is 0 Å². The molecule has 0 radical (unpaired) electrons. The van der Waals surface area contributed by atoms with E-state index < -0.39 is 0 Å². The summed E-state index contributed by atoms with van der Waals surface area (Å²) in [6, 6.07) is 11.1. The summed E-state index contributed by atoms with van der Waals surface area (Å²) in [7, 11) is 0. The van der Waals surface area contributed by atoms with Crippen molar-refractivity contribution in [2.24, 2.45) is 0 Å². The van der Waals surface area contributed by atoms with Crippen molar-refractivity contribution in [2.45, 2.75) is 6.54 Å². The molecule has 1 N–H and O–H groups in total. The first-order chi connectivity index (χ1) is 9.33. The van der Waals surface area contributed by atoms with Gasteiger partial charge in [0.1, 0.15) is 5.82 Å². The van der Waals surface area contributed by atoms with E-state index in [0.29, 0.717) is 0 Å². The zero-order chi connectivity index (χ0) is 13.1. The van der Waals surface area contributed by atoms with Crippen LogP contribution in [0.15, 0.2) is 42.6 Å². The molecule has 3 nitrogen and oxygen atoms in total. The van der Waals surface area contributed by atoms with Gasteiger partial charge in [-0.25, -0.2) is 4.39 Å². The van der Waals surface area contributed by atoms with Crippen LogP contribution in [0.2, 0.25) is 0 Å². The highest BCUT2D eigenvalue weighted by atomic mass is 19.1. The third-order valence-corrected chi connectivity index (χ3v) is 3.62. The van der Waals surface area contributed by atoms with E-state index in [1.54, 1.807) is 6.07 Å². The Hall–Kier alpha value is -1.81. The topological polar surface area (TPSA) is 22.3 Å². The first-order valence-corrected chi connectivity index (χ1v) is 6.67. The van der Waals surface area contributed by atoms with Gasteiger partial charge in [-0.3, -0.25) is 4.90 Å². The van der Waals surface area contributed by atoms with Gasteiger partial charge in [-0.15, -0.1) is 0 Å². The maximum Gasteiger partial charge on any atom is 0.146 e. The van der Waals surface area contributed by atoms with Crippen molar-refractivity contribution in [3.8, 4) is 0 Å². The van der Waals surface area contributed by atoms with E-state index in [0.717, 1.165) is 38.4 Å². The van der Waals surface area contributed by atoms with Crippen LogP contribution < -0.4 is 4.90 Å². The van der Waals surface area contributed by atoms with E-state index in [1.807, 2.05) is 24.4 Å². The number of aromatic amines is 1. The molecule has 2 heterocycles. The molecule has 0 atom stereocenters. The Morgan fingerprint density at radius 1 is 1.00 bits per heavy atom. The molecule has 0 unspecified atom stereocenters. The van der Waals surface area contributed by atoms with Gasteiger partial charge >= 0.3 is 0 Å². The molecule has 2 aromatic rings. The van der Waals surface area contributed by atoms with Gasteiger partial charge < -0.3 is 9.88 Å². The van der Waals surface area contributed by atoms with Crippen molar-refractivity contribution < 1.29 is 4.39 Å². The van der Waals surface area contributed by atoms with Crippen molar-refractivity contribution >= 4 is 5.69 Å². The average Bonchev–Trinajstić information content (AvgIpc) is 2.93. The van der Waals surface area contributed by atoms with E-state index in [2.05, 4.69) is 20.9 Å². The second-order valence-corrected chi connectivity index (χ2v) is 4.91. The molecule has 0 saturated carbocycles. The Labute approximate surface area is 112 Å². The van der Waals surface area contributed by atoms with Crippen LogP contribution in [0.1, 0.15) is 5.69 Å². The highest BCUT2D eigenvalue weighted by molar-refractivity contribution is 5.47. The zero-order valence-corrected chi connectivity index (χ0v) is 10.8. The minimum absolute atomic E-state index is 0.125. The molecular weight excluding hydrogens is 241 g/mol. The molecule has 1 aromatic heterocycles. The second-order valence-electron chi connectivity index (χ2n) is 4.91. The Kier molecular flexibility index (Phi) is 3.51. The number of piperazine rings is 1. The third-order valence-electron chi connectivity index (χ3n) is 3.62. The van der Waals surface area contributed by atoms with Crippen molar-refractivity contribution in [3.05, 3.63) is 54.1 Å². The molecular formula is C15H18FN3. The number of H-pyrrole nitrogens is 1. The second kappa shape index (κ2) is 5.45. The van der Waals surface area contributed by atoms with E-state index >= 15 is 0 Å². The SMILES string of the molecule is Fc1ccccc1N1CCN(Cc2ccc[nH]2)CC1. The summed E-state index contributed by atoms with van der Waals surface area (Å²) in [6.07, 6.45) is 1.95. The quantitative estimate of drug-likeness (QED) is 0.915. The van der Waals surface area contributed by atoms with E-state index in [-0.39, 0.29) is 5.82 Å². The van der Waals surface area contributed by atoms with Gasteiger partial charge in [0.2, 0.25) is 0 Å². The molecule has 0 bridgehead atoms. The lowest BCUT2D eigenvalue weighted by atomic mass is 10.2. The maximum atomic E-state index is 13.7. The number of halogens is 1. The van der Waals surface area contributed by atoms with Crippen LogP contribution in [-0.4, -0.2) is 36.1 Å². The molecule has 3 rings (SSSR count). The Balaban J connectivity index is 1.59. The van der Waals surface area contributed by atoms with Crippen LogP contribution in [0.4, 0.5) is 10.1 Å². The molecule has 0 spiro atoms. The highest BCUT2D eigenvalue weighted by Crippen LogP contribution is 2.20. The molecule has 1 saturated heterocycles. The van der Waals surface area contributed by atoms with Crippen molar-refractivity contribution in [3.63, 3.8) is 0 Å². The summed E-state index contributed by atoms with van der Waals surface area (Å²) in [4.78, 5) is 7.74. The minimum Gasteiger partial charge on any atom is -0.367 e. The first-order valence-electron chi connectivity index (χ1n) is 6.67. The van der Waals surface area contributed by atoms with Gasteiger partial charge in [0, 0.05) is 44.6 Å². The summed E-state index contributed by atoms with van der Waals surface area (Å²) in [5, 5.41) is 0. The lowest BCUT2D eigenvalue weighted by Crippen LogP contribution is -2.46. The number of nitrogens with zero attached hydrogens (tertiary/aromatic N) is 2. The molecule has 4 heteroatoms. The molecule has 0 aliphatic carbocycles. The summed E-state index contributed by atoms with van der Waals surface area (Å²) in [6.45, 7) is 4.63. The zero-order valence-electron chi connectivity index (χ0n) is 10.8. The Bertz CT molecular complexity index is 516. The minimum atomic E-state index is -0.125. The Morgan fingerprint density at radius 2 is 1.79 bits per heavy atom. The molecule has 1 aromatic carbocycles. The maximum absolute atomic E-state index is 13.7. The molecule has 19 heavy (non-hydrogen) atoms. The largest absolute Gasteiger partial charge is 0.367 e. The number of anilines is 1. The highest BCUT2D eigenvalue weighted by Gasteiger charge is 2.19. The fourth-order valence-corrected chi connectivity index (χ4v) is 2.56. The van der Waals surface area contributed by atoms with Crippen LogP contribution in [0.5, 0.6) is 0 Å². The van der Waals surface area contributed by atoms with Gasteiger partial charge in [-0.2, -0.15) is 0 Å². The van der Waals surface area contributed by atoms with Crippen LogP contribution in [0, 0.1) is 5.82 Å². The molecule has 1 fully saturated rings. The van der Waals surface area contributed by atoms with Gasteiger partial charge in [0.15, 0.2) is 0 Å². The van der Waals surface area contributed by atoms with Crippen LogP contribution in [0.25, 0.3) is 0 Å². The smallest absolute Gasteiger partial charge is 0.146 e. The number of benzene rings is 1. The van der Waals surface area contributed by atoms with Crippen molar-refractivity contribution in [1.82, 2.24) is 9.88 Å². The number of hydrogen-bond acceptors (Lipinski definition) is 2. The molecule has 1 aliphatic rings. The number of nitrogens with one attached hydrogen (secondary N) is 1. The predicted octanol–water partition coefficient (Wildman–Crippen LogP) is 2.48. The van der Waals surface area contributed by atoms with E-state index in [9.17, 15) is 4.39 Å². The lowest BCUT2D eigenvalue weighted by Gasteiger charge is -2.36. The number of aromatic nitrogens is 1. The first kappa shape index (κ1) is 12.2. The molecule has 100 valence electrons. The lowest BCUT2D eigenvalue weighted by molar-refractivity contribution is 0.247. The molecule has 0 amide bonds. The number of rotatable bonds is 3. The third kappa shape index (κ3) is 2.79. The van der Waals surface area contributed by atoms with Gasteiger partial charge in [0.05, 0.1) is 5.69 Å². The van der Waals surface area contributed by atoms with E-state index in [1.165, 1.54) is 11.8 Å². The summed E-state index contributed by atoms with van der Waals surface area (Å²) >= 11 is 0. The fraction of sp³-hybridized carbons (Fsp3) is 0.333. The normalized spacial score (nSPS) is 16.8. The van der Waals surface area contributed by atoms with Crippen molar-refractivity contribution in [2.75, 3.05) is 31.1 Å². The summed E-state index contributed by atoms with van der Waals surface area (Å²) in [5.41, 5.74) is 1.96. The monoisotopic (exact) mass is 259 g/mol. The average molecular weight is 259 g/mol. The summed E-state index contributed by atoms with van der Waals surface area (Å²) in [5.74, 6) is -0.125.